The van der Waals surface area contributed by atoms with Crippen molar-refractivity contribution in [3.63, 3.8) is 0 Å². The summed E-state index contributed by atoms with van der Waals surface area (Å²) < 4.78 is 0. The quantitative estimate of drug-likeness (QED) is 0.683. The zero-order chi connectivity index (χ0) is 11.3. The molecule has 1 saturated carbocycles. The summed E-state index contributed by atoms with van der Waals surface area (Å²) in [7, 11) is 0. The summed E-state index contributed by atoms with van der Waals surface area (Å²) in [6.45, 7) is 4.24. The first kappa shape index (κ1) is 12.5. The fourth-order valence-corrected chi connectivity index (χ4v) is 2.24. The highest BCUT2D eigenvalue weighted by Crippen LogP contribution is 2.35. The minimum atomic E-state index is -0.692. The average Bonchev–Trinajstić information content (AvgIpc) is 2.15. The SMILES string of the molecule is CCCCC(NC1(CC)CCC1)C(=O)O. The van der Waals surface area contributed by atoms with Gasteiger partial charge in [-0.25, -0.2) is 0 Å². The van der Waals surface area contributed by atoms with Gasteiger partial charge in [0.2, 0.25) is 0 Å². The molecule has 15 heavy (non-hydrogen) atoms. The van der Waals surface area contributed by atoms with Crippen LogP contribution in [0.2, 0.25) is 0 Å². The standard InChI is InChI=1S/C12H23NO2/c1-3-5-7-10(11(14)15)13-12(4-2)8-6-9-12/h10,13H,3-9H2,1-2H3,(H,14,15). The molecule has 0 aromatic carbocycles. The zero-order valence-electron chi connectivity index (χ0n) is 9.88. The van der Waals surface area contributed by atoms with E-state index in [4.69, 9.17) is 5.11 Å². The molecule has 0 aromatic rings. The highest BCUT2D eigenvalue weighted by atomic mass is 16.4. The first-order valence-corrected chi connectivity index (χ1v) is 6.14. The Balaban J connectivity index is 2.45. The normalized spacial score (nSPS) is 20.7. The van der Waals surface area contributed by atoms with Crippen LogP contribution in [-0.2, 0) is 4.79 Å². The van der Waals surface area contributed by atoms with E-state index in [2.05, 4.69) is 19.2 Å². The first-order valence-electron chi connectivity index (χ1n) is 6.14. The minimum Gasteiger partial charge on any atom is -0.480 e. The number of carbonyl (C=O) groups is 1. The lowest BCUT2D eigenvalue weighted by atomic mass is 9.74. The van der Waals surface area contributed by atoms with Crippen LogP contribution in [0.3, 0.4) is 0 Å². The number of unbranched alkanes of at least 4 members (excludes halogenated alkanes) is 1. The van der Waals surface area contributed by atoms with Gasteiger partial charge in [-0.15, -0.1) is 0 Å². The van der Waals surface area contributed by atoms with E-state index in [1.807, 2.05) is 0 Å². The number of aliphatic carboxylic acids is 1. The van der Waals surface area contributed by atoms with Crippen LogP contribution in [0, 0.1) is 0 Å². The van der Waals surface area contributed by atoms with E-state index < -0.39 is 5.97 Å². The molecule has 1 fully saturated rings. The molecule has 2 N–H and O–H groups in total. The Kier molecular flexibility index (Phi) is 4.58. The lowest BCUT2D eigenvalue weighted by Crippen LogP contribution is -2.56. The maximum atomic E-state index is 11.1. The maximum absolute atomic E-state index is 11.1. The molecule has 1 unspecified atom stereocenters. The number of hydrogen-bond acceptors (Lipinski definition) is 2. The summed E-state index contributed by atoms with van der Waals surface area (Å²) in [5, 5.41) is 12.5. The Hall–Kier alpha value is -0.570. The van der Waals surface area contributed by atoms with Crippen LogP contribution in [0.5, 0.6) is 0 Å². The molecule has 0 heterocycles. The number of rotatable bonds is 7. The summed E-state index contributed by atoms with van der Waals surface area (Å²) in [6, 6.07) is -0.342. The van der Waals surface area contributed by atoms with Gasteiger partial charge in [-0.2, -0.15) is 0 Å². The van der Waals surface area contributed by atoms with E-state index >= 15 is 0 Å². The summed E-state index contributed by atoms with van der Waals surface area (Å²) >= 11 is 0. The predicted molar refractivity (Wildman–Crippen MR) is 61.0 cm³/mol. The second-order valence-corrected chi connectivity index (χ2v) is 4.66. The molecule has 1 aliphatic rings. The molecule has 0 aliphatic heterocycles. The van der Waals surface area contributed by atoms with Crippen molar-refractivity contribution in [3.8, 4) is 0 Å². The summed E-state index contributed by atoms with van der Waals surface area (Å²) in [5.41, 5.74) is 0.136. The summed E-state index contributed by atoms with van der Waals surface area (Å²) in [6.07, 6.45) is 7.37. The molecule has 0 spiro atoms. The van der Waals surface area contributed by atoms with Crippen molar-refractivity contribution in [2.45, 2.75) is 70.4 Å². The Labute approximate surface area is 92.3 Å². The van der Waals surface area contributed by atoms with Crippen LogP contribution in [-0.4, -0.2) is 22.7 Å². The van der Waals surface area contributed by atoms with Gasteiger partial charge >= 0.3 is 5.97 Å². The topological polar surface area (TPSA) is 49.3 Å². The predicted octanol–water partition coefficient (Wildman–Crippen LogP) is 2.55. The van der Waals surface area contributed by atoms with E-state index in [-0.39, 0.29) is 11.6 Å². The zero-order valence-corrected chi connectivity index (χ0v) is 9.88. The van der Waals surface area contributed by atoms with Gasteiger partial charge in [0.05, 0.1) is 0 Å². The van der Waals surface area contributed by atoms with Crippen molar-refractivity contribution in [2.75, 3.05) is 0 Å². The third-order valence-electron chi connectivity index (χ3n) is 3.61. The van der Waals surface area contributed by atoms with Gasteiger partial charge in [-0.3, -0.25) is 10.1 Å². The molecule has 0 radical (unpaired) electrons. The van der Waals surface area contributed by atoms with Crippen LogP contribution in [0.1, 0.15) is 58.8 Å². The van der Waals surface area contributed by atoms with Gasteiger partial charge in [0.1, 0.15) is 6.04 Å². The lowest BCUT2D eigenvalue weighted by molar-refractivity contribution is -0.140. The van der Waals surface area contributed by atoms with Gasteiger partial charge in [-0.05, 0) is 32.1 Å². The number of carboxylic acids is 1. The highest BCUT2D eigenvalue weighted by Gasteiger charge is 2.37. The molecule has 3 heteroatoms. The van der Waals surface area contributed by atoms with Crippen molar-refractivity contribution >= 4 is 5.97 Å². The third kappa shape index (κ3) is 3.20. The molecule has 0 aromatic heterocycles. The Morgan fingerprint density at radius 2 is 2.13 bits per heavy atom. The molecule has 1 rings (SSSR count). The second kappa shape index (κ2) is 5.50. The van der Waals surface area contributed by atoms with Crippen molar-refractivity contribution in [1.29, 1.82) is 0 Å². The molecule has 88 valence electrons. The van der Waals surface area contributed by atoms with Crippen molar-refractivity contribution in [3.05, 3.63) is 0 Å². The first-order chi connectivity index (χ1) is 7.13. The van der Waals surface area contributed by atoms with E-state index in [1.54, 1.807) is 0 Å². The largest absolute Gasteiger partial charge is 0.480 e. The van der Waals surface area contributed by atoms with Gasteiger partial charge in [0.25, 0.3) is 0 Å². The molecule has 3 nitrogen and oxygen atoms in total. The average molecular weight is 213 g/mol. The molecular weight excluding hydrogens is 190 g/mol. The molecule has 0 amide bonds. The van der Waals surface area contributed by atoms with Crippen molar-refractivity contribution in [2.24, 2.45) is 0 Å². The van der Waals surface area contributed by atoms with E-state index in [0.717, 1.165) is 38.5 Å². The van der Waals surface area contributed by atoms with Crippen LogP contribution in [0.25, 0.3) is 0 Å². The number of nitrogens with one attached hydrogen (secondary N) is 1. The van der Waals surface area contributed by atoms with Crippen molar-refractivity contribution < 1.29 is 9.90 Å². The molecule has 0 saturated heterocycles. The highest BCUT2D eigenvalue weighted by molar-refractivity contribution is 5.73. The van der Waals surface area contributed by atoms with E-state index in [9.17, 15) is 4.79 Å². The number of hydrogen-bond donors (Lipinski definition) is 2. The fraction of sp³-hybridized carbons (Fsp3) is 0.917. The molecule has 1 atom stereocenters. The Morgan fingerprint density at radius 1 is 1.47 bits per heavy atom. The fourth-order valence-electron chi connectivity index (χ4n) is 2.24. The van der Waals surface area contributed by atoms with Crippen LogP contribution in [0.15, 0.2) is 0 Å². The molecule has 1 aliphatic carbocycles. The van der Waals surface area contributed by atoms with Gasteiger partial charge < -0.3 is 5.11 Å². The van der Waals surface area contributed by atoms with Crippen LogP contribution in [0.4, 0.5) is 0 Å². The summed E-state index contributed by atoms with van der Waals surface area (Å²) in [4.78, 5) is 11.1. The second-order valence-electron chi connectivity index (χ2n) is 4.66. The number of carboxylic acid groups (broad SMARTS) is 1. The maximum Gasteiger partial charge on any atom is 0.320 e. The third-order valence-corrected chi connectivity index (χ3v) is 3.61. The minimum absolute atomic E-state index is 0.136. The van der Waals surface area contributed by atoms with Gasteiger partial charge in [-0.1, -0.05) is 26.7 Å². The molecular formula is C12H23NO2. The smallest absolute Gasteiger partial charge is 0.320 e. The summed E-state index contributed by atoms with van der Waals surface area (Å²) in [5.74, 6) is -0.692. The monoisotopic (exact) mass is 213 g/mol. The Morgan fingerprint density at radius 3 is 2.47 bits per heavy atom. The van der Waals surface area contributed by atoms with Crippen LogP contribution >= 0.6 is 0 Å². The van der Waals surface area contributed by atoms with Gasteiger partial charge in [0.15, 0.2) is 0 Å². The van der Waals surface area contributed by atoms with Gasteiger partial charge in [0, 0.05) is 5.54 Å². The van der Waals surface area contributed by atoms with E-state index in [1.165, 1.54) is 6.42 Å². The van der Waals surface area contributed by atoms with Crippen LogP contribution < -0.4 is 5.32 Å². The molecule has 0 bridgehead atoms. The Bertz CT molecular complexity index is 206. The van der Waals surface area contributed by atoms with Crippen molar-refractivity contribution in [1.82, 2.24) is 5.32 Å². The van der Waals surface area contributed by atoms with E-state index in [0.29, 0.717) is 0 Å². The lowest BCUT2D eigenvalue weighted by Gasteiger charge is -2.44.